The first kappa shape index (κ1) is 22.7. The van der Waals surface area contributed by atoms with Crippen molar-refractivity contribution in [3.05, 3.63) is 83.1 Å². The first-order valence-electron chi connectivity index (χ1n) is 11.2. The molecule has 1 aliphatic heterocycles. The summed E-state index contributed by atoms with van der Waals surface area (Å²) in [6.45, 7) is 1.13. The Morgan fingerprint density at radius 2 is 1.80 bits per heavy atom. The summed E-state index contributed by atoms with van der Waals surface area (Å²) in [5.74, 6) is -2.50. The zero-order valence-electron chi connectivity index (χ0n) is 18.7. The van der Waals surface area contributed by atoms with Gasteiger partial charge in [0.25, 0.3) is 0 Å². The standard InChI is InChI=1S/C27H23F2N3O3/c28-18-2-4-19(5-3-18)32-24-12-17(14-30)23(31)13-21(24)25(26(32)15-7-9-35-10-8-15)16-1-6-20(27(33)34)22(29)11-16/h1-6,11-15,30H,7-10,31H2,(H,33,34). The molecule has 1 aromatic heterocycles. The predicted octanol–water partition coefficient (Wildman–Crippen LogP) is 5.75. The largest absolute Gasteiger partial charge is 0.478 e. The number of ether oxygens (including phenoxy) is 1. The Morgan fingerprint density at radius 1 is 1.09 bits per heavy atom. The summed E-state index contributed by atoms with van der Waals surface area (Å²) >= 11 is 0. The molecule has 8 heteroatoms. The second kappa shape index (κ2) is 8.96. The van der Waals surface area contributed by atoms with Crippen LogP contribution in [0.15, 0.2) is 54.6 Å². The summed E-state index contributed by atoms with van der Waals surface area (Å²) in [5, 5.41) is 17.8. The van der Waals surface area contributed by atoms with Gasteiger partial charge in [-0.3, -0.25) is 0 Å². The van der Waals surface area contributed by atoms with Crippen molar-refractivity contribution in [3.8, 4) is 16.8 Å². The number of carboxylic acid groups (broad SMARTS) is 1. The van der Waals surface area contributed by atoms with Crippen LogP contribution in [-0.2, 0) is 4.74 Å². The van der Waals surface area contributed by atoms with E-state index in [0.29, 0.717) is 35.7 Å². The van der Waals surface area contributed by atoms with Crippen molar-refractivity contribution in [1.29, 1.82) is 5.41 Å². The molecule has 4 N–H and O–H groups in total. The first-order valence-corrected chi connectivity index (χ1v) is 11.2. The molecule has 0 unspecified atom stereocenters. The van der Waals surface area contributed by atoms with Crippen LogP contribution in [0.5, 0.6) is 0 Å². The van der Waals surface area contributed by atoms with Crippen molar-refractivity contribution in [3.63, 3.8) is 0 Å². The minimum atomic E-state index is -1.34. The Hall–Kier alpha value is -4.04. The first-order chi connectivity index (χ1) is 16.9. The second-order valence-corrected chi connectivity index (χ2v) is 8.60. The molecular weight excluding hydrogens is 452 g/mol. The zero-order chi connectivity index (χ0) is 24.7. The number of carbonyl (C=O) groups is 1. The Balaban J connectivity index is 1.90. The summed E-state index contributed by atoms with van der Waals surface area (Å²) in [6, 6.07) is 13.8. The van der Waals surface area contributed by atoms with E-state index in [1.54, 1.807) is 30.3 Å². The molecule has 1 saturated heterocycles. The van der Waals surface area contributed by atoms with Crippen LogP contribution in [0.4, 0.5) is 14.5 Å². The number of carboxylic acids is 1. The van der Waals surface area contributed by atoms with Crippen molar-refractivity contribution >= 4 is 28.8 Å². The van der Waals surface area contributed by atoms with Crippen LogP contribution in [0, 0.1) is 17.0 Å². The molecule has 1 fully saturated rings. The summed E-state index contributed by atoms with van der Waals surface area (Å²) in [4.78, 5) is 11.4. The number of fused-ring (bicyclic) bond motifs is 1. The monoisotopic (exact) mass is 475 g/mol. The van der Waals surface area contributed by atoms with E-state index < -0.39 is 17.3 Å². The van der Waals surface area contributed by atoms with Gasteiger partial charge in [0.15, 0.2) is 0 Å². The van der Waals surface area contributed by atoms with E-state index in [4.69, 9.17) is 15.9 Å². The van der Waals surface area contributed by atoms with Gasteiger partial charge in [-0.1, -0.05) is 6.07 Å². The van der Waals surface area contributed by atoms with Crippen LogP contribution >= 0.6 is 0 Å². The average Bonchev–Trinajstić information content (AvgIpc) is 3.18. The van der Waals surface area contributed by atoms with Crippen LogP contribution in [0.2, 0.25) is 0 Å². The molecule has 1 aliphatic rings. The molecule has 0 atom stereocenters. The molecule has 2 heterocycles. The number of rotatable bonds is 5. The van der Waals surface area contributed by atoms with Crippen molar-refractivity contribution in [2.45, 2.75) is 18.8 Å². The lowest BCUT2D eigenvalue weighted by Crippen LogP contribution is -2.17. The van der Waals surface area contributed by atoms with Gasteiger partial charge in [-0.25, -0.2) is 13.6 Å². The zero-order valence-corrected chi connectivity index (χ0v) is 18.7. The fourth-order valence-electron chi connectivity index (χ4n) is 4.88. The third-order valence-electron chi connectivity index (χ3n) is 6.55. The van der Waals surface area contributed by atoms with E-state index in [-0.39, 0.29) is 11.7 Å². The summed E-state index contributed by atoms with van der Waals surface area (Å²) in [5.41, 5.74) is 10.4. The molecule has 0 amide bonds. The Bertz CT molecular complexity index is 1460. The maximum Gasteiger partial charge on any atom is 0.338 e. The van der Waals surface area contributed by atoms with E-state index in [0.717, 1.165) is 35.0 Å². The number of aromatic carboxylic acids is 1. The highest BCUT2D eigenvalue weighted by Crippen LogP contribution is 2.44. The number of aromatic nitrogens is 1. The molecule has 0 radical (unpaired) electrons. The van der Waals surface area contributed by atoms with Gasteiger partial charge < -0.3 is 25.6 Å². The van der Waals surface area contributed by atoms with Gasteiger partial charge in [-0.15, -0.1) is 0 Å². The van der Waals surface area contributed by atoms with Gasteiger partial charge in [0, 0.05) is 58.9 Å². The normalized spacial score (nSPS) is 14.3. The van der Waals surface area contributed by atoms with Gasteiger partial charge in [-0.05, 0) is 66.9 Å². The van der Waals surface area contributed by atoms with Gasteiger partial charge in [-0.2, -0.15) is 0 Å². The van der Waals surface area contributed by atoms with Gasteiger partial charge in [0.05, 0.1) is 11.1 Å². The predicted molar refractivity (Wildman–Crippen MR) is 131 cm³/mol. The van der Waals surface area contributed by atoms with Crippen molar-refractivity contribution in [2.24, 2.45) is 0 Å². The molecule has 178 valence electrons. The van der Waals surface area contributed by atoms with Crippen LogP contribution < -0.4 is 5.73 Å². The molecule has 4 aromatic rings. The number of halogens is 2. The summed E-state index contributed by atoms with van der Waals surface area (Å²) in [7, 11) is 0. The van der Waals surface area contributed by atoms with Gasteiger partial charge in [0.2, 0.25) is 0 Å². The number of anilines is 1. The summed E-state index contributed by atoms with van der Waals surface area (Å²) < 4.78 is 36.2. The minimum absolute atomic E-state index is 0.0445. The average molecular weight is 475 g/mol. The van der Waals surface area contributed by atoms with Crippen LogP contribution in [0.1, 0.15) is 40.4 Å². The molecule has 3 aromatic carbocycles. The lowest BCUT2D eigenvalue weighted by atomic mass is 9.89. The quantitative estimate of drug-likeness (QED) is 0.253. The number of nitrogen functional groups attached to an aromatic ring is 1. The fraction of sp³-hybridized carbons (Fsp3) is 0.185. The third kappa shape index (κ3) is 3.95. The maximum atomic E-state index is 14.8. The molecule has 5 rings (SSSR count). The maximum absolute atomic E-state index is 14.8. The number of nitrogens with zero attached hydrogens (tertiary/aromatic N) is 1. The topological polar surface area (TPSA) is 101 Å². The molecule has 35 heavy (non-hydrogen) atoms. The Morgan fingerprint density at radius 3 is 2.43 bits per heavy atom. The number of nitrogens with one attached hydrogen (secondary N) is 1. The van der Waals surface area contributed by atoms with Crippen LogP contribution in [-0.4, -0.2) is 35.1 Å². The van der Waals surface area contributed by atoms with Gasteiger partial charge in [0.1, 0.15) is 11.6 Å². The van der Waals surface area contributed by atoms with Crippen LogP contribution in [0.3, 0.4) is 0 Å². The van der Waals surface area contributed by atoms with E-state index in [1.807, 2.05) is 4.57 Å². The molecule has 6 nitrogen and oxygen atoms in total. The SMILES string of the molecule is N=Cc1cc2c(cc1N)c(-c1ccc(C(=O)O)c(F)c1)c(C1CCOCC1)n2-c1ccc(F)cc1. The van der Waals surface area contributed by atoms with Crippen molar-refractivity contribution in [1.82, 2.24) is 4.57 Å². The molecule has 0 saturated carbocycles. The minimum Gasteiger partial charge on any atom is -0.478 e. The molecular formula is C27H23F2N3O3. The highest BCUT2D eigenvalue weighted by molar-refractivity contribution is 6.05. The van der Waals surface area contributed by atoms with E-state index in [9.17, 15) is 18.7 Å². The molecule has 0 spiro atoms. The fourth-order valence-corrected chi connectivity index (χ4v) is 4.88. The van der Waals surface area contributed by atoms with Gasteiger partial charge >= 0.3 is 5.97 Å². The summed E-state index contributed by atoms with van der Waals surface area (Å²) in [6.07, 6.45) is 2.63. The smallest absolute Gasteiger partial charge is 0.338 e. The second-order valence-electron chi connectivity index (χ2n) is 8.60. The molecule has 0 bridgehead atoms. The van der Waals surface area contributed by atoms with E-state index in [1.165, 1.54) is 30.5 Å². The van der Waals surface area contributed by atoms with Crippen molar-refractivity contribution < 1.29 is 23.4 Å². The number of hydrogen-bond acceptors (Lipinski definition) is 4. The Kier molecular flexibility index (Phi) is 5.82. The highest BCUT2D eigenvalue weighted by atomic mass is 19.1. The highest BCUT2D eigenvalue weighted by Gasteiger charge is 2.29. The third-order valence-corrected chi connectivity index (χ3v) is 6.55. The number of nitrogens with two attached hydrogens (primary N) is 1. The van der Waals surface area contributed by atoms with E-state index >= 15 is 0 Å². The van der Waals surface area contributed by atoms with E-state index in [2.05, 4.69) is 0 Å². The number of hydrogen-bond donors (Lipinski definition) is 3. The molecule has 0 aliphatic carbocycles. The lowest BCUT2D eigenvalue weighted by Gasteiger charge is -2.26. The van der Waals surface area contributed by atoms with Crippen molar-refractivity contribution in [2.75, 3.05) is 18.9 Å². The lowest BCUT2D eigenvalue weighted by molar-refractivity contribution is 0.0692. The van der Waals surface area contributed by atoms with Crippen LogP contribution in [0.25, 0.3) is 27.7 Å². The Labute approximate surface area is 200 Å². The number of benzene rings is 3.